The number of nitrogens with zero attached hydrogens (tertiary/aromatic N) is 1. The van der Waals surface area contributed by atoms with Crippen LogP contribution in [0, 0.1) is 0 Å². The van der Waals surface area contributed by atoms with Gasteiger partial charge in [0.25, 0.3) is 0 Å². The van der Waals surface area contributed by atoms with Gasteiger partial charge in [0.1, 0.15) is 0 Å². The maximum atomic E-state index is 10.8. The second kappa shape index (κ2) is 6.42. The van der Waals surface area contributed by atoms with E-state index in [-0.39, 0.29) is 0 Å². The van der Waals surface area contributed by atoms with Crippen LogP contribution in [0.1, 0.15) is 36.0 Å². The van der Waals surface area contributed by atoms with Gasteiger partial charge in [-0.3, -0.25) is 0 Å². The summed E-state index contributed by atoms with van der Waals surface area (Å²) in [7, 11) is 2.22. The number of fused-ring (bicyclic) bond motifs is 1. The van der Waals surface area contributed by atoms with E-state index in [4.69, 9.17) is 4.55 Å². The van der Waals surface area contributed by atoms with Crippen LogP contribution < -0.4 is 0 Å². The molecule has 21 heavy (non-hydrogen) atoms. The Morgan fingerprint density at radius 2 is 2.29 bits per heavy atom. The third-order valence-electron chi connectivity index (χ3n) is 4.78. The first kappa shape index (κ1) is 14.9. The van der Waals surface area contributed by atoms with Crippen molar-refractivity contribution < 1.29 is 8.76 Å². The van der Waals surface area contributed by atoms with Gasteiger partial charge in [-0.2, -0.15) is 0 Å². The van der Waals surface area contributed by atoms with Gasteiger partial charge in [0.2, 0.25) is 0 Å². The second-order valence-electron chi connectivity index (χ2n) is 6.18. The monoisotopic (exact) mass is 305 g/mol. The zero-order valence-corrected chi connectivity index (χ0v) is 13.4. The molecular weight excluding hydrogens is 282 g/mol. The Labute approximate surface area is 129 Å². The van der Waals surface area contributed by atoms with Crippen molar-refractivity contribution >= 4 is 16.7 Å². The van der Waals surface area contributed by atoms with Crippen LogP contribution in [0.5, 0.6) is 0 Å². The van der Waals surface area contributed by atoms with Crippen molar-refractivity contribution in [1.82, 2.24) is 4.90 Å². The summed E-state index contributed by atoms with van der Waals surface area (Å²) >= 11 is -1.70. The first-order chi connectivity index (χ1) is 10.1. The molecule has 1 aliphatic carbocycles. The Hall–Kier alpha value is -0.970. The molecule has 3 nitrogen and oxygen atoms in total. The molecule has 1 aromatic carbocycles. The first-order valence-electron chi connectivity index (χ1n) is 7.72. The van der Waals surface area contributed by atoms with Crippen LogP contribution in [0.2, 0.25) is 0 Å². The molecule has 114 valence electrons. The molecule has 0 amide bonds. The molecular formula is C17H23NO2S. The van der Waals surface area contributed by atoms with Gasteiger partial charge in [-0.15, -0.1) is 0 Å². The fourth-order valence-corrected chi connectivity index (χ4v) is 3.90. The summed E-state index contributed by atoms with van der Waals surface area (Å²) in [6, 6.07) is 7.20. The van der Waals surface area contributed by atoms with E-state index in [1.165, 1.54) is 41.6 Å². The van der Waals surface area contributed by atoms with Crippen molar-refractivity contribution in [1.29, 1.82) is 0 Å². The van der Waals surface area contributed by atoms with Gasteiger partial charge in [-0.05, 0) is 68.0 Å². The van der Waals surface area contributed by atoms with E-state index in [1.54, 1.807) is 0 Å². The lowest BCUT2D eigenvalue weighted by molar-refractivity contribution is 0.315. The summed E-state index contributed by atoms with van der Waals surface area (Å²) in [5.41, 5.74) is 5.41. The molecule has 4 heteroatoms. The van der Waals surface area contributed by atoms with E-state index in [2.05, 4.69) is 36.2 Å². The molecule has 1 saturated heterocycles. The van der Waals surface area contributed by atoms with E-state index < -0.39 is 11.1 Å². The molecule has 0 saturated carbocycles. The summed E-state index contributed by atoms with van der Waals surface area (Å²) in [5.74, 6) is 0.323. The first-order valence-corrected chi connectivity index (χ1v) is 9.00. The Kier molecular flexibility index (Phi) is 4.57. The highest BCUT2D eigenvalue weighted by molar-refractivity contribution is 7.79. The number of benzene rings is 1. The van der Waals surface area contributed by atoms with E-state index in [1.807, 2.05) is 0 Å². The Morgan fingerprint density at radius 1 is 1.43 bits per heavy atom. The van der Waals surface area contributed by atoms with Gasteiger partial charge >= 0.3 is 0 Å². The van der Waals surface area contributed by atoms with Gasteiger partial charge in [0.05, 0.1) is 5.75 Å². The highest BCUT2D eigenvalue weighted by atomic mass is 32.2. The lowest BCUT2D eigenvalue weighted by Gasteiger charge is -2.20. The van der Waals surface area contributed by atoms with Gasteiger partial charge in [-0.25, -0.2) is 4.21 Å². The maximum absolute atomic E-state index is 10.8. The molecule has 0 radical (unpaired) electrons. The molecule has 2 aliphatic rings. The van der Waals surface area contributed by atoms with Gasteiger partial charge in [0.15, 0.2) is 11.1 Å². The van der Waals surface area contributed by atoms with Crippen LogP contribution in [0.25, 0.3) is 5.57 Å². The zero-order valence-electron chi connectivity index (χ0n) is 12.5. The molecule has 0 aromatic heterocycles. The summed E-state index contributed by atoms with van der Waals surface area (Å²) in [6.45, 7) is 1.22. The highest BCUT2D eigenvalue weighted by Crippen LogP contribution is 2.34. The topological polar surface area (TPSA) is 40.5 Å². The molecule has 0 spiro atoms. The van der Waals surface area contributed by atoms with Gasteiger partial charge in [-0.1, -0.05) is 24.3 Å². The summed E-state index contributed by atoms with van der Waals surface area (Å²) in [4.78, 5) is 2.47. The van der Waals surface area contributed by atoms with Crippen LogP contribution in [0.15, 0.2) is 24.3 Å². The highest BCUT2D eigenvalue weighted by Gasteiger charge is 2.24. The van der Waals surface area contributed by atoms with Crippen LogP contribution >= 0.6 is 0 Å². The Morgan fingerprint density at radius 3 is 3.00 bits per heavy atom. The normalized spacial score (nSPS) is 23.1. The Bertz CT molecular complexity index is 582. The lowest BCUT2D eigenvalue weighted by Crippen LogP contribution is -2.24. The van der Waals surface area contributed by atoms with Crippen molar-refractivity contribution in [2.45, 2.75) is 38.1 Å². The number of likely N-dealkylation sites (tertiary alicyclic amines) is 1. The minimum atomic E-state index is -1.70. The van der Waals surface area contributed by atoms with Crippen molar-refractivity contribution in [2.24, 2.45) is 0 Å². The second-order valence-corrected chi connectivity index (χ2v) is 7.23. The molecule has 1 aliphatic heterocycles. The standard InChI is InChI=1S/C17H23NO2S/c1-18-9-2-3-16(18)12-15-7-6-14-5-4-13(11-17(14)15)8-10-21(19)20/h4-5,7,11,16H,2-3,6,8-10,12H2,1H3,(H,19,20)/t16-/m1/s1. The third kappa shape index (κ3) is 3.44. The number of hydrogen-bond acceptors (Lipinski definition) is 2. The van der Waals surface area contributed by atoms with Gasteiger partial charge < -0.3 is 9.45 Å². The zero-order chi connectivity index (χ0) is 14.8. The smallest absolute Gasteiger partial charge is 0.153 e. The Balaban J connectivity index is 1.73. The molecule has 2 atom stereocenters. The molecule has 1 heterocycles. The van der Waals surface area contributed by atoms with Crippen LogP contribution in [-0.4, -0.2) is 39.0 Å². The van der Waals surface area contributed by atoms with E-state index >= 15 is 0 Å². The average Bonchev–Trinajstić information content (AvgIpc) is 3.04. The van der Waals surface area contributed by atoms with Crippen molar-refractivity contribution in [3.8, 4) is 0 Å². The predicted octanol–water partition coefficient (Wildman–Crippen LogP) is 2.87. The summed E-state index contributed by atoms with van der Waals surface area (Å²) < 4.78 is 19.8. The number of allylic oxidation sites excluding steroid dienone is 1. The largest absolute Gasteiger partial charge is 0.306 e. The minimum absolute atomic E-state index is 0.323. The average molecular weight is 305 g/mol. The van der Waals surface area contributed by atoms with E-state index in [0.717, 1.165) is 12.8 Å². The van der Waals surface area contributed by atoms with Gasteiger partial charge in [0, 0.05) is 6.04 Å². The van der Waals surface area contributed by atoms with Crippen molar-refractivity contribution in [3.63, 3.8) is 0 Å². The predicted molar refractivity (Wildman–Crippen MR) is 87.7 cm³/mol. The molecule has 1 N–H and O–H groups in total. The molecule has 3 rings (SSSR count). The molecule has 0 bridgehead atoms. The summed E-state index contributed by atoms with van der Waals surface area (Å²) in [6.07, 6.45) is 7.82. The fourth-order valence-electron chi connectivity index (χ4n) is 3.49. The van der Waals surface area contributed by atoms with Crippen LogP contribution in [0.3, 0.4) is 0 Å². The number of hydrogen-bond donors (Lipinski definition) is 1. The van der Waals surface area contributed by atoms with E-state index in [0.29, 0.717) is 18.2 Å². The number of rotatable bonds is 5. The minimum Gasteiger partial charge on any atom is -0.306 e. The van der Waals surface area contributed by atoms with Crippen LogP contribution in [-0.2, 0) is 23.9 Å². The molecule has 1 unspecified atom stereocenters. The van der Waals surface area contributed by atoms with E-state index in [9.17, 15) is 4.21 Å². The third-order valence-corrected chi connectivity index (χ3v) is 5.33. The fraction of sp³-hybridized carbons (Fsp3) is 0.529. The van der Waals surface area contributed by atoms with Crippen molar-refractivity contribution in [3.05, 3.63) is 41.0 Å². The summed E-state index contributed by atoms with van der Waals surface area (Å²) in [5, 5.41) is 0. The quantitative estimate of drug-likeness (QED) is 0.850. The SMILES string of the molecule is CN1CCC[C@@H]1CC1=CCc2ccc(CCS(=O)O)cc21. The molecule has 1 fully saturated rings. The maximum Gasteiger partial charge on any atom is 0.153 e. The number of aryl methyl sites for hydroxylation is 1. The molecule has 1 aromatic rings. The van der Waals surface area contributed by atoms with Crippen molar-refractivity contribution in [2.75, 3.05) is 19.3 Å². The lowest BCUT2D eigenvalue weighted by atomic mass is 9.96. The van der Waals surface area contributed by atoms with Crippen LogP contribution in [0.4, 0.5) is 0 Å².